The van der Waals surface area contributed by atoms with E-state index in [0.717, 1.165) is 155 Å². The second-order valence-corrected chi connectivity index (χ2v) is 27.1. The van der Waals surface area contributed by atoms with Crippen molar-refractivity contribution >= 4 is 131 Å². The molecule has 20 rings (SSSR count). The van der Waals surface area contributed by atoms with Crippen molar-refractivity contribution in [1.82, 2.24) is 9.97 Å². The number of aromatic nitrogens is 2. The Hall–Kier alpha value is -13.4. The van der Waals surface area contributed by atoms with Gasteiger partial charge in [-0.2, -0.15) is 0 Å². The standard InChI is InChI=1S/C94H58N4O3S/c1-3-11-59(12-4-1)63-27-39-73(40-28-63)97(77-47-53-87-83(57-77)81-15-7-9-17-86(81)99-87)75-43-33-66(34-44-75)70-36-50-80-72(56-70)37-51-85-92(80)101-93(95-85)68-25-23-62(24-26-68)60-19-21-61(22-20-60)64-29-41-74(42-30-64)98(78-48-54-90-84(58-78)82-16-8-10-18-89(82)102-90)76-45-31-65(32-46-76)69-35-49-79-71(55-69)38-52-88-91(79)96-94(100-88)67-13-5-2-6-14-67/h1-58H. The quantitative estimate of drug-likeness (QED) is 0.114. The number of hydrogen-bond donors (Lipinski definition) is 0. The van der Waals surface area contributed by atoms with Crippen molar-refractivity contribution in [3.05, 3.63) is 352 Å². The molecule has 0 aliphatic carbocycles. The van der Waals surface area contributed by atoms with Crippen LogP contribution in [-0.4, -0.2) is 9.97 Å². The molecule has 0 atom stereocenters. The number of fused-ring (bicyclic) bond motifs is 12. The van der Waals surface area contributed by atoms with Crippen molar-refractivity contribution in [3.63, 3.8) is 0 Å². The summed E-state index contributed by atoms with van der Waals surface area (Å²) in [5.74, 6) is 1.22. The van der Waals surface area contributed by atoms with Gasteiger partial charge in [0.1, 0.15) is 22.2 Å². The van der Waals surface area contributed by atoms with Crippen LogP contribution in [0.3, 0.4) is 0 Å². The number of anilines is 6. The topological polar surface area (TPSA) is 71.7 Å². The van der Waals surface area contributed by atoms with Gasteiger partial charge in [-0.15, -0.1) is 11.3 Å². The first-order chi connectivity index (χ1) is 50.5. The van der Waals surface area contributed by atoms with Gasteiger partial charge in [0.05, 0.1) is 0 Å². The molecule has 0 N–H and O–H groups in total. The third-order valence-electron chi connectivity index (χ3n) is 20.0. The van der Waals surface area contributed by atoms with Crippen LogP contribution in [0.25, 0.3) is 164 Å². The van der Waals surface area contributed by atoms with Gasteiger partial charge in [0.25, 0.3) is 0 Å². The lowest BCUT2D eigenvalue weighted by Gasteiger charge is -2.26. The molecule has 0 fully saturated rings. The largest absolute Gasteiger partial charge is 0.456 e. The van der Waals surface area contributed by atoms with E-state index in [0.29, 0.717) is 11.8 Å². The summed E-state index contributed by atoms with van der Waals surface area (Å²) in [6.07, 6.45) is 0. The van der Waals surface area contributed by atoms with E-state index >= 15 is 0 Å². The van der Waals surface area contributed by atoms with Gasteiger partial charge in [-0.1, -0.05) is 200 Å². The first kappa shape index (κ1) is 58.7. The second kappa shape index (κ2) is 24.2. The molecule has 0 bridgehead atoms. The van der Waals surface area contributed by atoms with E-state index in [2.05, 4.69) is 313 Å². The molecule has 20 aromatic rings. The van der Waals surface area contributed by atoms with E-state index in [1.165, 1.54) is 31.3 Å². The number of furan rings is 1. The van der Waals surface area contributed by atoms with Crippen molar-refractivity contribution < 1.29 is 13.3 Å². The Morgan fingerprint density at radius 2 is 0.627 bits per heavy atom. The molecule has 16 aromatic carbocycles. The number of para-hydroxylation sites is 1. The minimum absolute atomic E-state index is 0.590. The summed E-state index contributed by atoms with van der Waals surface area (Å²) < 4.78 is 21.7. The van der Waals surface area contributed by atoms with Crippen LogP contribution < -0.4 is 9.80 Å². The zero-order chi connectivity index (χ0) is 67.2. The molecule has 4 aromatic heterocycles. The molecule has 0 amide bonds. The molecule has 0 aliphatic rings. The third kappa shape index (κ3) is 10.4. The van der Waals surface area contributed by atoms with Crippen LogP contribution in [0, 0.1) is 0 Å². The number of rotatable bonds is 13. The fraction of sp³-hybridized carbons (Fsp3) is 0. The first-order valence-electron chi connectivity index (χ1n) is 34.3. The van der Waals surface area contributed by atoms with Gasteiger partial charge in [0.2, 0.25) is 11.8 Å². The van der Waals surface area contributed by atoms with E-state index < -0.39 is 0 Å². The Kier molecular flexibility index (Phi) is 14.0. The maximum atomic E-state index is 6.65. The molecule has 7 nitrogen and oxygen atoms in total. The highest BCUT2D eigenvalue weighted by Crippen LogP contribution is 2.45. The maximum absolute atomic E-state index is 6.65. The lowest BCUT2D eigenvalue weighted by molar-refractivity contribution is 0.620. The molecule has 478 valence electrons. The molecule has 0 saturated heterocycles. The van der Waals surface area contributed by atoms with Crippen LogP contribution in [0.1, 0.15) is 0 Å². The number of hydrogen-bond acceptors (Lipinski definition) is 8. The van der Waals surface area contributed by atoms with Crippen molar-refractivity contribution in [2.45, 2.75) is 0 Å². The summed E-state index contributed by atoms with van der Waals surface area (Å²) in [6, 6.07) is 125. The molecule has 0 aliphatic heterocycles. The summed E-state index contributed by atoms with van der Waals surface area (Å²) >= 11 is 1.84. The van der Waals surface area contributed by atoms with E-state index in [9.17, 15) is 0 Å². The Balaban J connectivity index is 0.545. The van der Waals surface area contributed by atoms with Crippen LogP contribution >= 0.6 is 11.3 Å². The summed E-state index contributed by atoms with van der Waals surface area (Å²) in [7, 11) is 0. The number of oxazole rings is 2. The lowest BCUT2D eigenvalue weighted by Crippen LogP contribution is -2.09. The Morgan fingerprint density at radius 3 is 1.24 bits per heavy atom. The number of nitrogens with zero attached hydrogens (tertiary/aromatic N) is 4. The zero-order valence-electron chi connectivity index (χ0n) is 54.9. The Morgan fingerprint density at radius 1 is 0.225 bits per heavy atom. The Bertz CT molecular complexity index is 6580. The van der Waals surface area contributed by atoms with Gasteiger partial charge in [0, 0.05) is 87.0 Å². The molecule has 0 unspecified atom stereocenters. The van der Waals surface area contributed by atoms with Crippen LogP contribution in [0.4, 0.5) is 34.1 Å². The van der Waals surface area contributed by atoms with Gasteiger partial charge in [-0.3, -0.25) is 0 Å². The minimum atomic E-state index is 0.590. The van der Waals surface area contributed by atoms with Gasteiger partial charge >= 0.3 is 0 Å². The normalized spacial score (nSPS) is 11.7. The van der Waals surface area contributed by atoms with E-state index in [1.54, 1.807) is 0 Å². The molecular weight excluding hydrogens is 1270 g/mol. The predicted molar refractivity (Wildman–Crippen MR) is 424 cm³/mol. The van der Waals surface area contributed by atoms with Crippen LogP contribution in [0.5, 0.6) is 0 Å². The van der Waals surface area contributed by atoms with Gasteiger partial charge in [-0.05, 0) is 218 Å². The summed E-state index contributed by atoms with van der Waals surface area (Å²) in [6.45, 7) is 0. The second-order valence-electron chi connectivity index (χ2n) is 26.0. The maximum Gasteiger partial charge on any atom is 0.227 e. The fourth-order valence-electron chi connectivity index (χ4n) is 14.7. The van der Waals surface area contributed by atoms with Gasteiger partial charge < -0.3 is 23.1 Å². The predicted octanol–water partition coefficient (Wildman–Crippen LogP) is 27.2. The van der Waals surface area contributed by atoms with Crippen molar-refractivity contribution in [3.8, 4) is 78.5 Å². The highest BCUT2D eigenvalue weighted by atomic mass is 32.1. The summed E-state index contributed by atoms with van der Waals surface area (Å²) in [4.78, 5) is 14.6. The van der Waals surface area contributed by atoms with Crippen molar-refractivity contribution in [2.24, 2.45) is 0 Å². The molecular formula is C94H58N4O3S. The SMILES string of the molecule is c1ccc(-c2ccc(N(c3ccc(-c4ccc5c(ccc6nc(-c7ccc(-c8ccc(-c9ccc(N(c%10ccc(-c%11ccc%12c(ccc%13oc(-c%14ccccc%14)nc%13%12)c%11)cc%10)c%10ccc%11sc%12ccccc%12c%11c%10)cc9)cc8)cc7)oc65)c4)cc3)c3ccc4oc5ccccc5c4c3)cc2)cc1. The summed E-state index contributed by atoms with van der Waals surface area (Å²) in [5, 5.41) is 8.99. The summed E-state index contributed by atoms with van der Waals surface area (Å²) in [5.41, 5.74) is 24.6. The first-order valence-corrected chi connectivity index (χ1v) is 35.1. The van der Waals surface area contributed by atoms with Crippen molar-refractivity contribution in [2.75, 3.05) is 9.80 Å². The van der Waals surface area contributed by atoms with E-state index in [-0.39, 0.29) is 0 Å². The lowest BCUT2D eigenvalue weighted by atomic mass is 9.99. The van der Waals surface area contributed by atoms with Gasteiger partial charge in [0.15, 0.2) is 11.2 Å². The average molecular weight is 1320 g/mol. The molecule has 0 radical (unpaired) electrons. The molecule has 4 heterocycles. The minimum Gasteiger partial charge on any atom is -0.456 e. The third-order valence-corrected chi connectivity index (χ3v) is 21.1. The Labute approximate surface area is 590 Å². The van der Waals surface area contributed by atoms with Crippen LogP contribution in [-0.2, 0) is 0 Å². The average Bonchev–Trinajstić information content (AvgIpc) is 1.52. The van der Waals surface area contributed by atoms with E-state index in [4.69, 9.17) is 23.2 Å². The highest BCUT2D eigenvalue weighted by Gasteiger charge is 2.21. The smallest absolute Gasteiger partial charge is 0.227 e. The fourth-order valence-corrected chi connectivity index (χ4v) is 15.8. The molecule has 0 spiro atoms. The van der Waals surface area contributed by atoms with Crippen LogP contribution in [0.15, 0.2) is 365 Å². The molecule has 0 saturated carbocycles. The number of benzene rings is 16. The highest BCUT2D eigenvalue weighted by molar-refractivity contribution is 7.25. The molecule has 102 heavy (non-hydrogen) atoms. The van der Waals surface area contributed by atoms with E-state index in [1.807, 2.05) is 59.9 Å². The number of thiophene rings is 1. The van der Waals surface area contributed by atoms with Crippen molar-refractivity contribution in [1.29, 1.82) is 0 Å². The zero-order valence-corrected chi connectivity index (χ0v) is 55.7. The van der Waals surface area contributed by atoms with Crippen LogP contribution in [0.2, 0.25) is 0 Å². The molecule has 8 heteroatoms. The van der Waals surface area contributed by atoms with Gasteiger partial charge in [-0.25, -0.2) is 9.97 Å². The monoisotopic (exact) mass is 1320 g/mol.